The van der Waals surface area contributed by atoms with E-state index in [2.05, 4.69) is 6.58 Å². The third kappa shape index (κ3) is 3.71. The van der Waals surface area contributed by atoms with E-state index in [0.29, 0.717) is 0 Å². The molecule has 0 saturated carbocycles. The summed E-state index contributed by atoms with van der Waals surface area (Å²) in [6.45, 7) is 3.55. The molecule has 0 atom stereocenters. The topological polar surface area (TPSA) is 129 Å². The van der Waals surface area contributed by atoms with Crippen molar-refractivity contribution in [1.82, 2.24) is 0 Å². The van der Waals surface area contributed by atoms with Crippen molar-refractivity contribution in [3.8, 4) is 23.0 Å². The molecule has 0 unspecified atom stereocenters. The van der Waals surface area contributed by atoms with Crippen molar-refractivity contribution in [2.75, 3.05) is 0 Å². The monoisotopic (exact) mass is 360 g/mol. The molecule has 0 bridgehead atoms. The van der Waals surface area contributed by atoms with Crippen LogP contribution in [0.5, 0.6) is 23.0 Å². The summed E-state index contributed by atoms with van der Waals surface area (Å²) < 4.78 is 17.0. The van der Waals surface area contributed by atoms with Gasteiger partial charge in [0.05, 0.1) is 0 Å². The van der Waals surface area contributed by atoms with Gasteiger partial charge in [0.2, 0.25) is 0 Å². The maximum absolute atomic E-state index is 9.85. The molecule has 0 aliphatic carbocycles. The van der Waals surface area contributed by atoms with Gasteiger partial charge in [-0.25, -0.2) is 0 Å². The normalized spacial score (nSPS) is 12.8. The van der Waals surface area contributed by atoms with E-state index in [-0.39, 0.29) is 34.1 Å². The first-order chi connectivity index (χ1) is 10.6. The minimum atomic E-state index is -4.24. The molecule has 0 aliphatic rings. The molecule has 124 valence electrons. The number of phenols is 4. The van der Waals surface area contributed by atoms with Gasteiger partial charge >= 0.3 is 132 Å². The number of phenolic OH excluding ortho intramolecular Hbond substituents is 4. The van der Waals surface area contributed by atoms with Crippen molar-refractivity contribution in [1.29, 1.82) is 8.82 Å². The molecule has 6 nitrogen and oxygen atoms in total. The predicted molar refractivity (Wildman–Crippen MR) is 85.5 cm³/mol. The molecule has 2 aromatic rings. The fourth-order valence-electron chi connectivity index (χ4n) is 1.78. The van der Waals surface area contributed by atoms with Crippen LogP contribution in [0.15, 0.2) is 48.0 Å². The van der Waals surface area contributed by atoms with Crippen LogP contribution in [0.1, 0.15) is 11.1 Å². The van der Waals surface area contributed by atoms with E-state index < -0.39 is 10.3 Å². The SMILES string of the molecule is C=[CH][Co](=[NH])(=[NH])(=[CH]c1ccc(O)cc1O)=[CH]c1ccc(O)cc1O. The van der Waals surface area contributed by atoms with Crippen LogP contribution in [-0.2, 0) is 10.3 Å². The summed E-state index contributed by atoms with van der Waals surface area (Å²) in [5.41, 5.74) is 0.415. The molecule has 0 aliphatic heterocycles. The molecule has 0 fully saturated rings. The average Bonchev–Trinajstić information content (AvgIpc) is 2.46. The minimum absolute atomic E-state index is 0.131. The third-order valence-electron chi connectivity index (χ3n) is 2.94. The Balaban J connectivity index is 2.83. The van der Waals surface area contributed by atoms with E-state index in [1.807, 2.05) is 0 Å². The first-order valence-corrected chi connectivity index (χ1v) is 9.11. The van der Waals surface area contributed by atoms with E-state index in [9.17, 15) is 20.4 Å². The van der Waals surface area contributed by atoms with E-state index >= 15 is 0 Å². The molecule has 6 N–H and O–H groups in total. The zero-order chi connectivity index (χ0) is 17.3. The van der Waals surface area contributed by atoms with Gasteiger partial charge < -0.3 is 0 Å². The van der Waals surface area contributed by atoms with Gasteiger partial charge in [0.15, 0.2) is 0 Å². The Morgan fingerprint density at radius 1 is 0.783 bits per heavy atom. The van der Waals surface area contributed by atoms with Crippen LogP contribution in [0.2, 0.25) is 0 Å². The molecule has 2 rings (SSSR count). The second-order valence-corrected chi connectivity index (χ2v) is 8.94. The van der Waals surface area contributed by atoms with Gasteiger partial charge in [-0.2, -0.15) is 0 Å². The van der Waals surface area contributed by atoms with E-state index in [1.54, 1.807) is 0 Å². The molecule has 7 heteroatoms. The summed E-state index contributed by atoms with van der Waals surface area (Å²) in [6.07, 6.45) is 0. The van der Waals surface area contributed by atoms with Gasteiger partial charge in [0.1, 0.15) is 0 Å². The van der Waals surface area contributed by atoms with Gasteiger partial charge in [0.25, 0.3) is 0 Å². The Morgan fingerprint density at radius 2 is 1.17 bits per heavy atom. The number of hydrogen-bond donors (Lipinski definition) is 6. The van der Waals surface area contributed by atoms with E-state index in [0.717, 1.165) is 17.1 Å². The molecule has 2 aromatic carbocycles. The van der Waals surface area contributed by atoms with Crippen LogP contribution in [0.4, 0.5) is 0 Å². The zero-order valence-corrected chi connectivity index (χ0v) is 13.1. The standard InChI is InChI=1S/2C7H6O2.C2H3.Co.2HN/c2*1-5-2-3-6(8)4-7(5)9;1-2;;;/h2*1-4,8-9H;1H,2H2;;2*1H. The fourth-order valence-corrected chi connectivity index (χ4v) is 4.02. The Morgan fingerprint density at radius 3 is 1.48 bits per heavy atom. The van der Waals surface area contributed by atoms with Crippen molar-refractivity contribution in [2.24, 2.45) is 0 Å². The number of benzene rings is 2. The van der Waals surface area contributed by atoms with Crippen LogP contribution in [0.3, 0.4) is 0 Å². The Hall–Kier alpha value is -2.77. The molecule has 0 aromatic heterocycles. The van der Waals surface area contributed by atoms with Gasteiger partial charge in [-0.3, -0.25) is 0 Å². The molecule has 0 radical (unpaired) electrons. The van der Waals surface area contributed by atoms with Gasteiger partial charge in [-0.1, -0.05) is 0 Å². The fraction of sp³-hybridized carbons (Fsp3) is 0. The van der Waals surface area contributed by atoms with Gasteiger partial charge in [0, 0.05) is 0 Å². The van der Waals surface area contributed by atoms with Crippen molar-refractivity contribution in [3.63, 3.8) is 0 Å². The number of rotatable bonds is 3. The summed E-state index contributed by atoms with van der Waals surface area (Å²) in [5, 5.41) is 39.5. The summed E-state index contributed by atoms with van der Waals surface area (Å²) in [5.74, 6) is -0.784. The van der Waals surface area contributed by atoms with E-state index in [1.165, 1.54) is 34.2 Å². The van der Waals surface area contributed by atoms with Gasteiger partial charge in [-0.15, -0.1) is 0 Å². The van der Waals surface area contributed by atoms with Crippen molar-refractivity contribution < 1.29 is 30.7 Å². The second-order valence-electron chi connectivity index (χ2n) is 4.81. The van der Waals surface area contributed by atoms with Crippen LogP contribution in [0.25, 0.3) is 0 Å². The summed E-state index contributed by atoms with van der Waals surface area (Å²) >= 11 is 0. The molecule has 23 heavy (non-hydrogen) atoms. The molecular weight excluding hydrogens is 343 g/mol. The quantitative estimate of drug-likeness (QED) is 0.503. The van der Waals surface area contributed by atoms with Crippen LogP contribution >= 0.6 is 0 Å². The number of nitrogens with one attached hydrogen (secondary N) is 2. The Labute approximate surface area is 132 Å². The first-order valence-electron chi connectivity index (χ1n) is 6.27. The van der Waals surface area contributed by atoms with Crippen molar-refractivity contribution in [3.05, 3.63) is 59.1 Å². The van der Waals surface area contributed by atoms with Crippen LogP contribution in [-0.4, -0.2) is 30.3 Å². The summed E-state index contributed by atoms with van der Waals surface area (Å²) in [7, 11) is -4.24. The molecule has 0 saturated heterocycles. The summed E-state index contributed by atoms with van der Waals surface area (Å²) in [6, 6.07) is 7.69. The van der Waals surface area contributed by atoms with E-state index in [4.69, 9.17) is 8.82 Å². The molecule has 0 spiro atoms. The van der Waals surface area contributed by atoms with Crippen LogP contribution < -0.4 is 0 Å². The number of aromatic hydroxyl groups is 4. The average molecular weight is 360 g/mol. The third-order valence-corrected chi connectivity index (χ3v) is 5.80. The van der Waals surface area contributed by atoms with Crippen LogP contribution in [0, 0.1) is 8.82 Å². The number of hydrogen-bond acceptors (Lipinski definition) is 6. The predicted octanol–water partition coefficient (Wildman–Crippen LogP) is 2.87. The Bertz CT molecular complexity index is 1040. The molecule has 0 heterocycles. The zero-order valence-electron chi connectivity index (χ0n) is 12.0. The molecule has 0 amide bonds. The van der Waals surface area contributed by atoms with Crippen molar-refractivity contribution in [2.45, 2.75) is 0 Å². The van der Waals surface area contributed by atoms with Crippen molar-refractivity contribution >= 4 is 9.91 Å². The first kappa shape index (κ1) is 16.6. The second kappa shape index (κ2) is 5.45. The molecular formula is C16H17CoN2O4. The summed E-state index contributed by atoms with van der Waals surface area (Å²) in [4.78, 5) is 2.50. The maximum atomic E-state index is 9.85. The Kier molecular flexibility index (Phi) is 3.93. The van der Waals surface area contributed by atoms with Gasteiger partial charge in [-0.05, 0) is 0 Å².